The maximum Gasteiger partial charge on any atom is 0.409 e. The molecule has 4 aromatic heterocycles. The Morgan fingerprint density at radius 2 is 1.28 bits per heavy atom. The molecule has 116 heavy (non-hydrogen) atoms. The van der Waals surface area contributed by atoms with Gasteiger partial charge >= 0.3 is 12.1 Å². The molecular formula is C80H110N12O23S. The van der Waals surface area contributed by atoms with Crippen molar-refractivity contribution in [3.8, 4) is 17.1 Å². The molecule has 0 bridgehead atoms. The quantitative estimate of drug-likeness (QED) is 0.0159. The third-order valence-corrected chi connectivity index (χ3v) is 20.9. The molecule has 0 spiro atoms. The molecule has 634 valence electrons. The zero-order valence-electron chi connectivity index (χ0n) is 67.3. The van der Waals surface area contributed by atoms with Gasteiger partial charge in [-0.2, -0.15) is 8.42 Å². The van der Waals surface area contributed by atoms with E-state index in [2.05, 4.69) is 41.6 Å². The average molecular weight is 1640 g/mol. The first kappa shape index (κ1) is 90.5. The number of amides is 6. The minimum atomic E-state index is -4.62. The summed E-state index contributed by atoms with van der Waals surface area (Å²) < 4.78 is 92.6. The van der Waals surface area contributed by atoms with E-state index < -0.39 is 81.2 Å². The van der Waals surface area contributed by atoms with Gasteiger partial charge in [-0.05, 0) is 104 Å². The summed E-state index contributed by atoms with van der Waals surface area (Å²) >= 11 is 0. The van der Waals surface area contributed by atoms with Gasteiger partial charge in [-0.1, -0.05) is 39.8 Å². The van der Waals surface area contributed by atoms with Crippen LogP contribution in [0.15, 0.2) is 71.7 Å². The van der Waals surface area contributed by atoms with Gasteiger partial charge in [0.05, 0.1) is 136 Å². The van der Waals surface area contributed by atoms with Gasteiger partial charge < -0.3 is 93.1 Å². The summed E-state index contributed by atoms with van der Waals surface area (Å²) in [7, 11) is 0.858. The molecule has 0 unspecified atom stereocenters. The number of aromatic nitrogens is 4. The maximum atomic E-state index is 14.2. The lowest BCUT2D eigenvalue weighted by atomic mass is 9.76. The van der Waals surface area contributed by atoms with Gasteiger partial charge in [-0.15, -0.1) is 0 Å². The minimum absolute atomic E-state index is 0.0149. The number of nitrogens with one attached hydrogen (secondary N) is 5. The van der Waals surface area contributed by atoms with E-state index in [9.17, 15) is 61.2 Å². The van der Waals surface area contributed by atoms with Crippen molar-refractivity contribution in [1.82, 2.24) is 55.3 Å². The second-order valence-corrected chi connectivity index (χ2v) is 30.3. The van der Waals surface area contributed by atoms with E-state index in [1.807, 2.05) is 37.7 Å². The average Bonchev–Trinajstić information content (AvgIpc) is 1.50. The van der Waals surface area contributed by atoms with Crippen LogP contribution in [0.25, 0.3) is 33.3 Å². The van der Waals surface area contributed by atoms with E-state index in [-0.39, 0.29) is 140 Å². The predicted octanol–water partition coefficient (Wildman–Crippen LogP) is 4.23. The Hall–Kier alpha value is -9.44. The molecule has 6 heterocycles. The van der Waals surface area contributed by atoms with Crippen molar-refractivity contribution in [3.05, 3.63) is 116 Å². The molecule has 0 saturated heterocycles. The molecule has 6 amide bonds. The molecule has 2 aromatic carbocycles. The van der Waals surface area contributed by atoms with Gasteiger partial charge in [0.1, 0.15) is 41.9 Å². The Balaban J connectivity index is 0.534. The first-order chi connectivity index (χ1) is 55.7. The van der Waals surface area contributed by atoms with Crippen LogP contribution in [-0.4, -0.2) is 263 Å². The summed E-state index contributed by atoms with van der Waals surface area (Å²) in [6.45, 7) is 15.2. The first-order valence-corrected chi connectivity index (χ1v) is 40.9. The normalized spacial score (nSPS) is 15.4. The number of anilines is 1. The fourth-order valence-electron chi connectivity index (χ4n) is 13.9. The Bertz CT molecular complexity index is 4560. The number of hydrogen-bond donors (Lipinski definition) is 7. The number of aromatic hydroxyl groups is 1. The summed E-state index contributed by atoms with van der Waals surface area (Å²) in [5, 5.41) is 29.4. The molecule has 3 aliphatic rings. The molecule has 35 nitrogen and oxygen atoms in total. The summed E-state index contributed by atoms with van der Waals surface area (Å²) in [5.41, 5.74) is 6.35. The van der Waals surface area contributed by atoms with Gasteiger partial charge in [0.15, 0.2) is 11.4 Å². The number of ketones is 1. The van der Waals surface area contributed by atoms with Gasteiger partial charge in [-0.3, -0.25) is 42.9 Å². The van der Waals surface area contributed by atoms with Crippen molar-refractivity contribution in [1.29, 1.82) is 0 Å². The number of pyridine rings is 3. The number of ether oxygens (including phenoxy) is 10. The van der Waals surface area contributed by atoms with Crippen LogP contribution in [0, 0.1) is 5.92 Å². The lowest BCUT2D eigenvalue weighted by Gasteiger charge is -2.36. The lowest BCUT2D eigenvalue weighted by Crippen LogP contribution is -2.53. The first-order valence-electron chi connectivity index (χ1n) is 39.3. The second kappa shape index (κ2) is 44.2. The number of esters is 1. The predicted molar refractivity (Wildman–Crippen MR) is 424 cm³/mol. The zero-order valence-corrected chi connectivity index (χ0v) is 68.1. The molecule has 0 fully saturated rings. The Kier molecular flexibility index (Phi) is 34.5. The van der Waals surface area contributed by atoms with Crippen molar-refractivity contribution in [3.63, 3.8) is 0 Å². The number of rotatable bonds is 49. The highest BCUT2D eigenvalue weighted by atomic mass is 32.2. The molecule has 6 aromatic rings. The minimum Gasteiger partial charge on any atom is -0.508 e. The number of aryl methyl sites for hydroxylation is 2. The van der Waals surface area contributed by atoms with Gasteiger partial charge in [0.2, 0.25) is 29.5 Å². The van der Waals surface area contributed by atoms with Crippen LogP contribution in [0.2, 0.25) is 0 Å². The summed E-state index contributed by atoms with van der Waals surface area (Å²) in [4.78, 5) is 131. The van der Waals surface area contributed by atoms with E-state index in [1.165, 1.54) is 18.9 Å². The van der Waals surface area contributed by atoms with Crippen LogP contribution < -0.4 is 32.1 Å². The fourth-order valence-corrected chi connectivity index (χ4v) is 14.5. The molecule has 36 heteroatoms. The Morgan fingerprint density at radius 3 is 1.89 bits per heavy atom. The van der Waals surface area contributed by atoms with Gasteiger partial charge in [0.25, 0.3) is 15.7 Å². The van der Waals surface area contributed by atoms with E-state index in [4.69, 9.17) is 52.4 Å². The standard InChI is InChI=1S/C80H110N12O23S/c1-9-57-60-45-56(93)19-21-64(60)86-73-62(57)48-92-66(73)46-63-59(78(92)101)20-22-68(94)80(63,10-2)115-71(97)14-12-27-88(6)79(102)114-50-54-15-17-55(18-16-54)84-75(98)53(5)83-77(100)72(52(3)4)87-70(96)24-29-106-31-33-108-35-37-110-39-41-112-43-44-113-42-40-111-38-36-109-34-32-107-30-26-82-76(99)65(51-116(103,104)105)85-69(95)23-28-91-67-49-90(8)89(7)47-61(67)58-13-11-25-81-74(58)91/h11,13,15-19,21,25,45-46,52-53,65,72,93H,9-10,12,14,20,22-24,26-44,47-51H2,1-8H3,(H,82,99)(H,83,100)(H,84,98)(H,85,95)(H,87,96)(H,103,104,105)/t53-,65-,72-,80-/m0/s1. The number of phenols is 1. The highest BCUT2D eigenvalue weighted by Crippen LogP contribution is 2.43. The number of nitrogens with zero attached hydrogens (tertiary/aromatic N) is 7. The number of hydrazine groups is 1. The van der Waals surface area contributed by atoms with Crippen LogP contribution in [0.4, 0.5) is 10.5 Å². The monoisotopic (exact) mass is 1640 g/mol. The molecule has 1 aliphatic carbocycles. The van der Waals surface area contributed by atoms with E-state index in [1.54, 1.807) is 80.1 Å². The topological polar surface area (TPSA) is 426 Å². The number of benzene rings is 2. The third-order valence-electron chi connectivity index (χ3n) is 20.2. The van der Waals surface area contributed by atoms with Crippen molar-refractivity contribution in [2.24, 2.45) is 5.92 Å². The highest BCUT2D eigenvalue weighted by molar-refractivity contribution is 7.85. The molecular weight excluding hydrogens is 1530 g/mol. The van der Waals surface area contributed by atoms with Crippen molar-refractivity contribution in [2.75, 3.05) is 151 Å². The lowest BCUT2D eigenvalue weighted by molar-refractivity contribution is -0.171. The molecule has 4 atom stereocenters. The number of carbonyl (C=O) groups excluding carboxylic acids is 8. The molecule has 9 rings (SSSR count). The highest BCUT2D eigenvalue weighted by Gasteiger charge is 2.48. The van der Waals surface area contributed by atoms with Crippen molar-refractivity contribution >= 4 is 85.1 Å². The molecule has 7 N–H and O–H groups in total. The number of Topliss-reactive ketones (excluding diaryl/α,β-unsaturated/α-hetero) is 1. The van der Waals surface area contributed by atoms with Crippen molar-refractivity contribution in [2.45, 2.75) is 142 Å². The summed E-state index contributed by atoms with van der Waals surface area (Å²) in [6, 6.07) is 13.7. The van der Waals surface area contributed by atoms with E-state index >= 15 is 0 Å². The Morgan fingerprint density at radius 1 is 0.664 bits per heavy atom. The maximum absolute atomic E-state index is 14.2. The second-order valence-electron chi connectivity index (χ2n) is 28.8. The smallest absolute Gasteiger partial charge is 0.409 e. The Labute approximate surface area is 674 Å². The van der Waals surface area contributed by atoms with Crippen LogP contribution in [0.1, 0.15) is 112 Å². The molecule has 0 radical (unpaired) electrons. The number of fused-ring (bicyclic) bond motifs is 8. The van der Waals surface area contributed by atoms with Crippen LogP contribution in [0.5, 0.6) is 5.75 Å². The summed E-state index contributed by atoms with van der Waals surface area (Å²) in [6.07, 6.45) is 1.97. The third kappa shape index (κ3) is 25.3. The zero-order chi connectivity index (χ0) is 83.5. The van der Waals surface area contributed by atoms with Crippen LogP contribution in [0.3, 0.4) is 0 Å². The van der Waals surface area contributed by atoms with Gasteiger partial charge in [0, 0.05) is 118 Å². The summed E-state index contributed by atoms with van der Waals surface area (Å²) in [5.74, 6) is -4.99. The van der Waals surface area contributed by atoms with E-state index in [0.717, 1.165) is 38.8 Å². The van der Waals surface area contributed by atoms with E-state index in [0.29, 0.717) is 125 Å². The van der Waals surface area contributed by atoms with Crippen molar-refractivity contribution < 1.29 is 104 Å². The van der Waals surface area contributed by atoms with Crippen LogP contribution in [-0.2, 0) is 142 Å². The fraction of sp³-hybridized carbons (Fsp3) is 0.562. The number of carbonyl (C=O) groups is 8. The molecule has 2 aliphatic heterocycles. The number of phenolic OH excluding ortho intramolecular Hbond substituents is 1. The van der Waals surface area contributed by atoms with Gasteiger partial charge in [-0.25, -0.2) is 24.8 Å². The SMILES string of the molecule is CCc1c2c(nc3ccc(O)cc13)-c1cc3c(c(=O)n1C2)CCC(=O)[C@@]3(CC)OC(=O)CCCN(C)C(=O)OCc1ccc(NC(=O)[C@H](C)NC(=O)[C@@H](NC(=O)CCOCCOCCOCCOCCOCCOCCOCCOCCNC(=O)[C@H](CS(=O)(=O)O)NC(=O)CCn2c3c(c4cccnc42)CN(C)N(C)C3)C(C)C)cc1. The largest absolute Gasteiger partial charge is 0.508 e. The number of hydrogen-bond acceptors (Lipinski definition) is 26. The molecule has 0 saturated carbocycles. The van der Waals surface area contributed by atoms with Crippen LogP contribution >= 0.6 is 0 Å².